The molecule has 1 aliphatic carbocycles. The van der Waals surface area contributed by atoms with Gasteiger partial charge in [-0.2, -0.15) is 0 Å². The summed E-state index contributed by atoms with van der Waals surface area (Å²) in [5.41, 5.74) is 0.104. The summed E-state index contributed by atoms with van der Waals surface area (Å²) in [6, 6.07) is 0. The van der Waals surface area contributed by atoms with E-state index < -0.39 is 0 Å². The first-order valence-corrected chi connectivity index (χ1v) is 6.84. The van der Waals surface area contributed by atoms with E-state index >= 15 is 0 Å². The van der Waals surface area contributed by atoms with Crippen LogP contribution in [0, 0.1) is 11.3 Å². The van der Waals surface area contributed by atoms with Crippen LogP contribution in [-0.2, 0) is 14.3 Å². The molecule has 1 amide bonds. The summed E-state index contributed by atoms with van der Waals surface area (Å²) in [4.78, 5) is 25.3. The molecule has 1 saturated heterocycles. The van der Waals surface area contributed by atoms with Gasteiger partial charge in [-0.05, 0) is 39.0 Å². The first kappa shape index (κ1) is 14.3. The largest absolute Gasteiger partial charge is 0.469 e. The van der Waals surface area contributed by atoms with E-state index in [2.05, 4.69) is 10.2 Å². The Bertz CT molecular complexity index is 373. The maximum absolute atomic E-state index is 11.8. The van der Waals surface area contributed by atoms with Gasteiger partial charge in [0.15, 0.2) is 0 Å². The van der Waals surface area contributed by atoms with Gasteiger partial charge in [0.2, 0.25) is 5.91 Å². The topological polar surface area (TPSA) is 58.6 Å². The van der Waals surface area contributed by atoms with Crippen LogP contribution in [-0.4, -0.2) is 49.1 Å². The summed E-state index contributed by atoms with van der Waals surface area (Å²) in [5.74, 6) is 0.0660. The Labute approximate surface area is 114 Å². The summed E-state index contributed by atoms with van der Waals surface area (Å²) < 4.78 is 4.75. The van der Waals surface area contributed by atoms with Crippen molar-refractivity contribution in [2.45, 2.75) is 39.2 Å². The number of hydrogen-bond donors (Lipinski definition) is 1. The molecule has 1 aliphatic heterocycles. The Morgan fingerprint density at radius 2 is 1.89 bits per heavy atom. The molecule has 2 aliphatic rings. The second-order valence-corrected chi connectivity index (χ2v) is 7.07. The Kier molecular flexibility index (Phi) is 3.60. The average Bonchev–Trinajstić information content (AvgIpc) is 2.15. The van der Waals surface area contributed by atoms with E-state index in [0.29, 0.717) is 6.54 Å². The Balaban J connectivity index is 1.68. The lowest BCUT2D eigenvalue weighted by Crippen LogP contribution is -2.64. The zero-order valence-electron chi connectivity index (χ0n) is 12.3. The fraction of sp³-hybridized carbons (Fsp3) is 0.857. The molecule has 0 aromatic carbocycles. The number of nitrogens with zero attached hydrogens (tertiary/aromatic N) is 1. The minimum atomic E-state index is -0.175. The molecule has 0 aromatic heterocycles. The number of carbonyl (C=O) groups is 2. The molecule has 5 heteroatoms. The third-order valence-electron chi connectivity index (χ3n) is 3.89. The molecule has 5 nitrogen and oxygen atoms in total. The lowest BCUT2D eigenvalue weighted by molar-refractivity contribution is -0.165. The molecule has 0 aromatic rings. The van der Waals surface area contributed by atoms with E-state index in [-0.39, 0.29) is 28.7 Å². The van der Waals surface area contributed by atoms with E-state index in [0.717, 1.165) is 25.9 Å². The van der Waals surface area contributed by atoms with Crippen molar-refractivity contribution in [1.82, 2.24) is 10.2 Å². The van der Waals surface area contributed by atoms with Gasteiger partial charge < -0.3 is 10.1 Å². The summed E-state index contributed by atoms with van der Waals surface area (Å²) in [6.45, 7) is 8.26. The van der Waals surface area contributed by atoms with E-state index in [1.807, 2.05) is 20.8 Å². The molecule has 1 saturated carbocycles. The lowest BCUT2D eigenvalue weighted by atomic mass is 9.58. The fourth-order valence-electron chi connectivity index (χ4n) is 3.25. The van der Waals surface area contributed by atoms with Crippen molar-refractivity contribution in [3.63, 3.8) is 0 Å². The van der Waals surface area contributed by atoms with Crippen LogP contribution in [0.5, 0.6) is 0 Å². The molecule has 19 heavy (non-hydrogen) atoms. The zero-order valence-corrected chi connectivity index (χ0v) is 12.3. The van der Waals surface area contributed by atoms with Gasteiger partial charge in [0, 0.05) is 18.6 Å². The van der Waals surface area contributed by atoms with Crippen LogP contribution in [0.2, 0.25) is 0 Å². The molecule has 0 unspecified atom stereocenters. The molecule has 0 radical (unpaired) electrons. The Hall–Kier alpha value is -1.10. The van der Waals surface area contributed by atoms with Crippen molar-refractivity contribution in [1.29, 1.82) is 0 Å². The van der Waals surface area contributed by atoms with Gasteiger partial charge in [0.1, 0.15) is 0 Å². The molecule has 1 heterocycles. The average molecular weight is 268 g/mol. The van der Waals surface area contributed by atoms with Gasteiger partial charge in [-0.3, -0.25) is 14.5 Å². The number of carbonyl (C=O) groups excluding carboxylic acids is 2. The third kappa shape index (κ3) is 3.26. The van der Waals surface area contributed by atoms with Gasteiger partial charge in [0.25, 0.3) is 0 Å². The molecular formula is C14H24N2O3. The molecule has 0 atom stereocenters. The highest BCUT2D eigenvalue weighted by Gasteiger charge is 2.54. The highest BCUT2D eigenvalue weighted by atomic mass is 16.5. The second kappa shape index (κ2) is 4.78. The number of nitrogens with one attached hydrogen (secondary N) is 1. The number of esters is 1. The summed E-state index contributed by atoms with van der Waals surface area (Å²) in [7, 11) is 1.44. The maximum atomic E-state index is 11.8. The molecule has 1 N–H and O–H groups in total. The van der Waals surface area contributed by atoms with Crippen LogP contribution < -0.4 is 5.32 Å². The minimum Gasteiger partial charge on any atom is -0.469 e. The minimum absolute atomic E-state index is 0.0752. The Morgan fingerprint density at radius 1 is 1.32 bits per heavy atom. The number of ether oxygens (including phenoxy) is 1. The van der Waals surface area contributed by atoms with Gasteiger partial charge in [-0.1, -0.05) is 0 Å². The summed E-state index contributed by atoms with van der Waals surface area (Å²) in [6.07, 6.45) is 1.83. The van der Waals surface area contributed by atoms with Crippen LogP contribution in [0.3, 0.4) is 0 Å². The number of hydrogen-bond acceptors (Lipinski definition) is 4. The molecule has 2 rings (SSSR count). The first-order chi connectivity index (χ1) is 8.73. The summed E-state index contributed by atoms with van der Waals surface area (Å²) >= 11 is 0. The lowest BCUT2D eigenvalue weighted by Gasteiger charge is -2.58. The monoisotopic (exact) mass is 268 g/mol. The SMILES string of the molecule is COC(=O)C1CC2(C1)CN(CC(=O)NC(C)(C)C)C2. The van der Waals surface area contributed by atoms with E-state index in [9.17, 15) is 9.59 Å². The van der Waals surface area contributed by atoms with Gasteiger partial charge in [-0.15, -0.1) is 0 Å². The Morgan fingerprint density at radius 3 is 2.37 bits per heavy atom. The predicted molar refractivity (Wildman–Crippen MR) is 71.5 cm³/mol. The van der Waals surface area contributed by atoms with Crippen molar-refractivity contribution in [2.24, 2.45) is 11.3 Å². The van der Waals surface area contributed by atoms with Crippen molar-refractivity contribution >= 4 is 11.9 Å². The maximum Gasteiger partial charge on any atom is 0.308 e. The predicted octanol–water partition coefficient (Wildman–Crippen LogP) is 0.786. The van der Waals surface area contributed by atoms with Crippen molar-refractivity contribution in [2.75, 3.05) is 26.7 Å². The molecular weight excluding hydrogens is 244 g/mol. The quantitative estimate of drug-likeness (QED) is 0.769. The zero-order chi connectivity index (χ0) is 14.3. The number of methoxy groups -OCH3 is 1. The fourth-order valence-corrected chi connectivity index (χ4v) is 3.25. The van der Waals surface area contributed by atoms with Gasteiger partial charge in [0.05, 0.1) is 19.6 Å². The van der Waals surface area contributed by atoms with Crippen LogP contribution in [0.4, 0.5) is 0 Å². The number of amides is 1. The number of likely N-dealkylation sites (tertiary alicyclic amines) is 1. The van der Waals surface area contributed by atoms with E-state index in [1.165, 1.54) is 7.11 Å². The van der Waals surface area contributed by atoms with E-state index in [4.69, 9.17) is 4.74 Å². The van der Waals surface area contributed by atoms with Gasteiger partial charge >= 0.3 is 5.97 Å². The standard InChI is InChI=1S/C14H24N2O3/c1-13(2,3)15-11(17)7-16-8-14(9-16)5-10(6-14)12(18)19-4/h10H,5-9H2,1-4H3,(H,15,17). The smallest absolute Gasteiger partial charge is 0.308 e. The summed E-state index contributed by atoms with van der Waals surface area (Å²) in [5, 5.41) is 2.96. The molecule has 0 bridgehead atoms. The van der Waals surface area contributed by atoms with E-state index in [1.54, 1.807) is 0 Å². The second-order valence-electron chi connectivity index (χ2n) is 7.07. The highest BCUT2D eigenvalue weighted by molar-refractivity contribution is 5.79. The highest BCUT2D eigenvalue weighted by Crippen LogP contribution is 2.52. The molecule has 108 valence electrons. The van der Waals surface area contributed by atoms with Crippen molar-refractivity contribution in [3.05, 3.63) is 0 Å². The molecule has 2 fully saturated rings. The van der Waals surface area contributed by atoms with Crippen LogP contribution in [0.1, 0.15) is 33.6 Å². The van der Waals surface area contributed by atoms with Crippen molar-refractivity contribution in [3.8, 4) is 0 Å². The first-order valence-electron chi connectivity index (χ1n) is 6.84. The van der Waals surface area contributed by atoms with Gasteiger partial charge in [-0.25, -0.2) is 0 Å². The number of rotatable bonds is 3. The van der Waals surface area contributed by atoms with Crippen LogP contribution >= 0.6 is 0 Å². The van der Waals surface area contributed by atoms with Crippen molar-refractivity contribution < 1.29 is 14.3 Å². The normalized spacial score (nSPS) is 22.5. The molecule has 1 spiro atoms. The van der Waals surface area contributed by atoms with Crippen LogP contribution in [0.15, 0.2) is 0 Å². The van der Waals surface area contributed by atoms with Crippen LogP contribution in [0.25, 0.3) is 0 Å². The third-order valence-corrected chi connectivity index (χ3v) is 3.89.